The number of nitrogens with zero attached hydrogens (tertiary/aromatic N) is 3. The van der Waals surface area contributed by atoms with Crippen LogP contribution < -0.4 is 0 Å². The Bertz CT molecular complexity index is 421. The molecule has 0 bridgehead atoms. The van der Waals surface area contributed by atoms with E-state index in [-0.39, 0.29) is 6.10 Å². The number of aryl methyl sites for hydroxylation is 1. The summed E-state index contributed by atoms with van der Waals surface area (Å²) in [7, 11) is 0. The molecule has 3 heterocycles. The second kappa shape index (κ2) is 5.94. The molecule has 1 atom stereocenters. The zero-order valence-electron chi connectivity index (χ0n) is 11.4. The topological polar surface area (TPSA) is 47.5 Å². The number of rotatable bonds is 2. The van der Waals surface area contributed by atoms with Gasteiger partial charge in [-0.25, -0.2) is 9.97 Å². The van der Waals surface area contributed by atoms with Crippen molar-refractivity contribution in [1.82, 2.24) is 14.9 Å². The van der Waals surface area contributed by atoms with Gasteiger partial charge in [-0.1, -0.05) is 0 Å². The first kappa shape index (κ1) is 13.0. The molecule has 5 nitrogen and oxygen atoms in total. The maximum Gasteiger partial charge on any atom is 0.125 e. The fourth-order valence-electron chi connectivity index (χ4n) is 2.88. The van der Waals surface area contributed by atoms with Gasteiger partial charge < -0.3 is 9.47 Å². The van der Waals surface area contributed by atoms with Crippen LogP contribution in [0.1, 0.15) is 30.5 Å². The van der Waals surface area contributed by atoms with E-state index in [0.717, 1.165) is 57.3 Å². The summed E-state index contributed by atoms with van der Waals surface area (Å²) in [5, 5.41) is 0. The normalized spacial score (nSPS) is 26.5. The molecule has 1 aromatic rings. The van der Waals surface area contributed by atoms with Gasteiger partial charge in [0.15, 0.2) is 0 Å². The van der Waals surface area contributed by atoms with E-state index in [4.69, 9.17) is 9.47 Å². The molecule has 1 aromatic heterocycles. The first-order chi connectivity index (χ1) is 9.33. The molecule has 0 N–H and O–H groups in total. The lowest BCUT2D eigenvalue weighted by atomic mass is 10.0. The van der Waals surface area contributed by atoms with Crippen LogP contribution in [0, 0.1) is 6.92 Å². The zero-order chi connectivity index (χ0) is 13.1. The van der Waals surface area contributed by atoms with E-state index >= 15 is 0 Å². The predicted octanol–water partition coefficient (Wildman–Crippen LogP) is 1.34. The third-order valence-corrected chi connectivity index (χ3v) is 3.93. The summed E-state index contributed by atoms with van der Waals surface area (Å²) in [6, 6.07) is 2.61. The lowest BCUT2D eigenvalue weighted by Gasteiger charge is -2.39. The summed E-state index contributed by atoms with van der Waals surface area (Å²) in [5.74, 6) is 0.810. The summed E-state index contributed by atoms with van der Waals surface area (Å²) < 4.78 is 11.3. The van der Waals surface area contributed by atoms with Crippen molar-refractivity contribution in [1.29, 1.82) is 0 Å². The fourth-order valence-corrected chi connectivity index (χ4v) is 2.88. The molecule has 0 aromatic carbocycles. The lowest BCUT2D eigenvalue weighted by Crippen LogP contribution is -2.47. The highest BCUT2D eigenvalue weighted by molar-refractivity contribution is 5.07. The van der Waals surface area contributed by atoms with Gasteiger partial charge in [0.05, 0.1) is 12.3 Å². The Kier molecular flexibility index (Phi) is 4.06. The van der Waals surface area contributed by atoms with Crippen LogP contribution >= 0.6 is 0 Å². The molecule has 2 fully saturated rings. The van der Waals surface area contributed by atoms with Crippen LogP contribution in [0.5, 0.6) is 0 Å². The standard InChI is InChI=1S/C14H21N3O2/c1-11-15-5-2-13(16-11)14-10-17(6-9-19-14)12-3-7-18-8-4-12/h2,5,12,14H,3-4,6-10H2,1H3/t14-/m1/s1. The van der Waals surface area contributed by atoms with Crippen molar-refractivity contribution >= 4 is 0 Å². The summed E-state index contributed by atoms with van der Waals surface area (Å²) in [6.45, 7) is 6.43. The molecule has 0 radical (unpaired) electrons. The third-order valence-electron chi connectivity index (χ3n) is 3.93. The van der Waals surface area contributed by atoms with E-state index in [1.54, 1.807) is 0 Å². The second-order valence-electron chi connectivity index (χ2n) is 5.23. The van der Waals surface area contributed by atoms with Gasteiger partial charge in [-0.15, -0.1) is 0 Å². The average Bonchev–Trinajstić information content (AvgIpc) is 2.48. The van der Waals surface area contributed by atoms with Crippen molar-refractivity contribution in [2.45, 2.75) is 31.9 Å². The number of morpholine rings is 1. The van der Waals surface area contributed by atoms with Crippen molar-refractivity contribution in [3.05, 3.63) is 23.8 Å². The second-order valence-corrected chi connectivity index (χ2v) is 5.23. The van der Waals surface area contributed by atoms with Crippen LogP contribution in [-0.4, -0.2) is 53.8 Å². The van der Waals surface area contributed by atoms with Gasteiger partial charge in [-0.2, -0.15) is 0 Å². The molecule has 0 spiro atoms. The SMILES string of the molecule is Cc1nccc([C@H]2CN(C3CCOCC3)CCO2)n1. The Morgan fingerprint density at radius 3 is 2.89 bits per heavy atom. The molecule has 0 aliphatic carbocycles. The van der Waals surface area contributed by atoms with Crippen molar-refractivity contribution in [3.8, 4) is 0 Å². The van der Waals surface area contributed by atoms with Crippen molar-refractivity contribution in [3.63, 3.8) is 0 Å². The molecular weight excluding hydrogens is 242 g/mol. The molecule has 2 aliphatic rings. The van der Waals surface area contributed by atoms with Crippen LogP contribution in [-0.2, 0) is 9.47 Å². The average molecular weight is 263 g/mol. The van der Waals surface area contributed by atoms with Crippen molar-refractivity contribution in [2.24, 2.45) is 0 Å². The monoisotopic (exact) mass is 263 g/mol. The molecule has 3 rings (SSSR count). The minimum absolute atomic E-state index is 0.0818. The molecule has 2 aliphatic heterocycles. The maximum absolute atomic E-state index is 5.88. The van der Waals surface area contributed by atoms with Crippen molar-refractivity contribution < 1.29 is 9.47 Å². The van der Waals surface area contributed by atoms with Crippen LogP contribution in [0.2, 0.25) is 0 Å². The van der Waals surface area contributed by atoms with Gasteiger partial charge in [-0.3, -0.25) is 4.90 Å². The van der Waals surface area contributed by atoms with Gasteiger partial charge in [-0.05, 0) is 25.8 Å². The minimum atomic E-state index is 0.0818. The zero-order valence-corrected chi connectivity index (χ0v) is 11.4. The van der Waals surface area contributed by atoms with E-state index < -0.39 is 0 Å². The number of ether oxygens (including phenoxy) is 2. The number of hydrogen-bond acceptors (Lipinski definition) is 5. The molecule has 5 heteroatoms. The highest BCUT2D eigenvalue weighted by Crippen LogP contribution is 2.24. The first-order valence-electron chi connectivity index (χ1n) is 7.06. The number of aromatic nitrogens is 2. The summed E-state index contributed by atoms with van der Waals surface area (Å²) in [6.07, 6.45) is 4.16. The summed E-state index contributed by atoms with van der Waals surface area (Å²) in [4.78, 5) is 11.2. The molecule has 2 saturated heterocycles. The first-order valence-corrected chi connectivity index (χ1v) is 7.06. The highest BCUT2D eigenvalue weighted by atomic mass is 16.5. The van der Waals surface area contributed by atoms with Gasteiger partial charge >= 0.3 is 0 Å². The van der Waals surface area contributed by atoms with Gasteiger partial charge in [0.2, 0.25) is 0 Å². The van der Waals surface area contributed by atoms with Crippen LogP contribution in [0.4, 0.5) is 0 Å². The highest BCUT2D eigenvalue weighted by Gasteiger charge is 2.29. The molecule has 0 amide bonds. The Balaban J connectivity index is 1.67. The lowest BCUT2D eigenvalue weighted by molar-refractivity contribution is -0.0647. The van der Waals surface area contributed by atoms with Crippen molar-refractivity contribution in [2.75, 3.05) is 32.9 Å². The van der Waals surface area contributed by atoms with Gasteiger partial charge in [0, 0.05) is 38.5 Å². The molecule has 0 saturated carbocycles. The van der Waals surface area contributed by atoms with E-state index in [9.17, 15) is 0 Å². The molecule has 104 valence electrons. The molecule has 19 heavy (non-hydrogen) atoms. The maximum atomic E-state index is 5.88. The smallest absolute Gasteiger partial charge is 0.125 e. The Hall–Kier alpha value is -1.04. The molecular formula is C14H21N3O2. The minimum Gasteiger partial charge on any atom is -0.381 e. The largest absolute Gasteiger partial charge is 0.381 e. The van der Waals surface area contributed by atoms with E-state index in [2.05, 4.69) is 14.9 Å². The number of hydrogen-bond donors (Lipinski definition) is 0. The fraction of sp³-hybridized carbons (Fsp3) is 0.714. The summed E-state index contributed by atoms with van der Waals surface area (Å²) >= 11 is 0. The Labute approximate surface area is 113 Å². The van der Waals surface area contributed by atoms with E-state index in [1.807, 2.05) is 19.2 Å². The van der Waals surface area contributed by atoms with Gasteiger partial charge in [0.25, 0.3) is 0 Å². The predicted molar refractivity (Wildman–Crippen MR) is 70.9 cm³/mol. The molecule has 0 unspecified atom stereocenters. The van der Waals surface area contributed by atoms with Crippen LogP contribution in [0.25, 0.3) is 0 Å². The van der Waals surface area contributed by atoms with Crippen LogP contribution in [0.3, 0.4) is 0 Å². The van der Waals surface area contributed by atoms with E-state index in [1.165, 1.54) is 0 Å². The van der Waals surface area contributed by atoms with Gasteiger partial charge in [0.1, 0.15) is 11.9 Å². The van der Waals surface area contributed by atoms with E-state index in [0.29, 0.717) is 6.04 Å². The third kappa shape index (κ3) is 3.11. The quantitative estimate of drug-likeness (QED) is 0.806. The Morgan fingerprint density at radius 1 is 1.26 bits per heavy atom. The summed E-state index contributed by atoms with van der Waals surface area (Å²) in [5.41, 5.74) is 1.00. The van der Waals surface area contributed by atoms with Crippen LogP contribution in [0.15, 0.2) is 12.3 Å². The Morgan fingerprint density at radius 2 is 2.11 bits per heavy atom.